The van der Waals surface area contributed by atoms with Crippen molar-refractivity contribution in [2.75, 3.05) is 0 Å². The van der Waals surface area contributed by atoms with Crippen molar-refractivity contribution in [1.82, 2.24) is 5.32 Å². The van der Waals surface area contributed by atoms with E-state index >= 15 is 0 Å². The highest BCUT2D eigenvalue weighted by molar-refractivity contribution is 5.21. The number of hydrogen-bond acceptors (Lipinski definition) is 3. The topological polar surface area (TPSA) is 45.4 Å². The van der Waals surface area contributed by atoms with Gasteiger partial charge in [-0.25, -0.2) is 8.78 Å². The van der Waals surface area contributed by atoms with Gasteiger partial charge >= 0.3 is 0 Å². The second kappa shape index (κ2) is 6.83. The fourth-order valence-corrected chi connectivity index (χ4v) is 2.07. The zero-order chi connectivity index (χ0) is 15.4. The molecule has 0 amide bonds. The van der Waals surface area contributed by atoms with Gasteiger partial charge in [-0.2, -0.15) is 0 Å². The molecule has 21 heavy (non-hydrogen) atoms. The van der Waals surface area contributed by atoms with Crippen LogP contribution >= 0.6 is 0 Å². The van der Waals surface area contributed by atoms with Crippen molar-refractivity contribution in [3.63, 3.8) is 0 Å². The predicted molar refractivity (Wildman–Crippen MR) is 75.7 cm³/mol. The van der Waals surface area contributed by atoms with E-state index in [1.54, 1.807) is 6.92 Å². The summed E-state index contributed by atoms with van der Waals surface area (Å²) in [6.07, 6.45) is -0.103. The van der Waals surface area contributed by atoms with Crippen LogP contribution in [0.5, 0.6) is 0 Å². The lowest BCUT2D eigenvalue weighted by Crippen LogP contribution is -2.31. The number of aliphatic hydroxyl groups excluding tert-OH is 1. The van der Waals surface area contributed by atoms with E-state index in [-0.39, 0.29) is 6.04 Å². The summed E-state index contributed by atoms with van der Waals surface area (Å²) < 4.78 is 31.6. The van der Waals surface area contributed by atoms with E-state index in [1.165, 1.54) is 6.07 Å². The molecule has 0 spiro atoms. The van der Waals surface area contributed by atoms with Gasteiger partial charge in [0, 0.05) is 12.5 Å². The van der Waals surface area contributed by atoms with Crippen LogP contribution in [0.2, 0.25) is 0 Å². The van der Waals surface area contributed by atoms with E-state index in [4.69, 9.17) is 4.42 Å². The van der Waals surface area contributed by atoms with Crippen LogP contribution in [-0.4, -0.2) is 11.1 Å². The van der Waals surface area contributed by atoms with E-state index in [1.807, 2.05) is 19.1 Å². The van der Waals surface area contributed by atoms with Gasteiger partial charge in [0.2, 0.25) is 0 Å². The first kappa shape index (κ1) is 15.7. The van der Waals surface area contributed by atoms with Crippen LogP contribution in [0.3, 0.4) is 0 Å². The van der Waals surface area contributed by atoms with E-state index in [9.17, 15) is 13.9 Å². The molecule has 2 atom stereocenters. The Morgan fingerprint density at radius 1 is 1.14 bits per heavy atom. The summed E-state index contributed by atoms with van der Waals surface area (Å²) in [4.78, 5) is 0. The quantitative estimate of drug-likeness (QED) is 0.859. The number of halogens is 2. The highest BCUT2D eigenvalue weighted by Gasteiger charge is 2.18. The molecule has 1 aromatic heterocycles. The lowest BCUT2D eigenvalue weighted by Gasteiger charge is -2.20. The molecule has 2 unspecified atom stereocenters. The van der Waals surface area contributed by atoms with Crippen LogP contribution in [0, 0.1) is 11.6 Å². The molecular weight excluding hydrogens is 276 g/mol. The maximum atomic E-state index is 13.2. The van der Waals surface area contributed by atoms with Crippen LogP contribution in [-0.2, 0) is 13.0 Å². The van der Waals surface area contributed by atoms with Gasteiger partial charge < -0.3 is 14.8 Å². The van der Waals surface area contributed by atoms with Gasteiger partial charge in [-0.05, 0) is 36.8 Å². The Labute approximate surface area is 122 Å². The van der Waals surface area contributed by atoms with Gasteiger partial charge in [-0.1, -0.05) is 13.0 Å². The lowest BCUT2D eigenvalue weighted by molar-refractivity contribution is 0.133. The molecular formula is C16H19F2NO2. The second-order valence-electron chi connectivity index (χ2n) is 5.01. The zero-order valence-corrected chi connectivity index (χ0v) is 12.1. The average molecular weight is 295 g/mol. The molecule has 0 aliphatic rings. The Morgan fingerprint density at radius 2 is 1.86 bits per heavy atom. The molecule has 0 saturated heterocycles. The van der Waals surface area contributed by atoms with E-state index in [2.05, 4.69) is 5.32 Å². The fourth-order valence-electron chi connectivity index (χ4n) is 2.07. The van der Waals surface area contributed by atoms with Crippen LogP contribution in [0.4, 0.5) is 8.78 Å². The van der Waals surface area contributed by atoms with Gasteiger partial charge in [-0.3, -0.25) is 0 Å². The predicted octanol–water partition coefficient (Wildman–Crippen LogP) is 3.33. The number of hydrogen-bond donors (Lipinski definition) is 2. The lowest BCUT2D eigenvalue weighted by atomic mass is 10.0. The molecule has 2 aromatic rings. The van der Waals surface area contributed by atoms with Gasteiger partial charge in [0.25, 0.3) is 0 Å². The third-order valence-corrected chi connectivity index (χ3v) is 3.42. The first-order valence-electron chi connectivity index (χ1n) is 6.95. The maximum Gasteiger partial charge on any atom is 0.159 e. The zero-order valence-electron chi connectivity index (χ0n) is 12.1. The number of aliphatic hydroxyl groups is 1. The minimum atomic E-state index is -0.961. The summed E-state index contributed by atoms with van der Waals surface area (Å²) in [6, 6.07) is 6.87. The number of aryl methyl sites for hydroxylation is 1. The summed E-state index contributed by atoms with van der Waals surface area (Å²) >= 11 is 0. The highest BCUT2D eigenvalue weighted by Crippen LogP contribution is 2.19. The number of rotatable bonds is 6. The van der Waals surface area contributed by atoms with Crippen molar-refractivity contribution in [3.05, 3.63) is 59.1 Å². The Hall–Kier alpha value is -1.72. The van der Waals surface area contributed by atoms with Crippen LogP contribution < -0.4 is 5.32 Å². The SMILES string of the molecule is CCc1ccc(CNC(C)C(O)c2ccc(F)c(F)c2)o1. The van der Waals surface area contributed by atoms with Crippen LogP contribution in [0.25, 0.3) is 0 Å². The molecule has 2 rings (SSSR count). The van der Waals surface area contributed by atoms with Gasteiger partial charge in [0.1, 0.15) is 11.5 Å². The molecule has 1 heterocycles. The standard InChI is InChI=1S/C16H19F2NO2/c1-3-12-5-6-13(21-12)9-19-10(2)16(20)11-4-7-14(17)15(18)8-11/h4-8,10,16,19-20H,3,9H2,1-2H3. The highest BCUT2D eigenvalue weighted by atomic mass is 19.2. The van der Waals surface area contributed by atoms with Crippen molar-refractivity contribution >= 4 is 0 Å². The Morgan fingerprint density at radius 3 is 2.48 bits per heavy atom. The Kier molecular flexibility index (Phi) is 5.09. The molecule has 0 fully saturated rings. The van der Waals surface area contributed by atoms with Crippen LogP contribution in [0.1, 0.15) is 37.0 Å². The summed E-state index contributed by atoms with van der Waals surface area (Å²) in [6.45, 7) is 4.24. The monoisotopic (exact) mass is 295 g/mol. The molecule has 0 bridgehead atoms. The number of furan rings is 1. The molecule has 114 valence electrons. The smallest absolute Gasteiger partial charge is 0.159 e. The van der Waals surface area contributed by atoms with E-state index < -0.39 is 17.7 Å². The normalized spacial score (nSPS) is 14.1. The molecule has 2 N–H and O–H groups in total. The molecule has 5 heteroatoms. The number of nitrogens with one attached hydrogen (secondary N) is 1. The van der Waals surface area contributed by atoms with E-state index in [0.29, 0.717) is 12.1 Å². The van der Waals surface area contributed by atoms with Crippen molar-refractivity contribution in [2.24, 2.45) is 0 Å². The van der Waals surface area contributed by atoms with Crippen molar-refractivity contribution < 1.29 is 18.3 Å². The second-order valence-corrected chi connectivity index (χ2v) is 5.01. The third-order valence-electron chi connectivity index (χ3n) is 3.42. The minimum absolute atomic E-state index is 0.329. The summed E-state index contributed by atoms with van der Waals surface area (Å²) in [5.74, 6) is -0.205. The molecule has 0 radical (unpaired) electrons. The Bertz CT molecular complexity index is 598. The summed E-state index contributed by atoms with van der Waals surface area (Å²) in [5.41, 5.74) is 0.336. The molecule has 0 saturated carbocycles. The largest absolute Gasteiger partial charge is 0.465 e. The van der Waals surface area contributed by atoms with Gasteiger partial charge in [0.15, 0.2) is 11.6 Å². The minimum Gasteiger partial charge on any atom is -0.465 e. The van der Waals surface area contributed by atoms with Gasteiger partial charge in [0.05, 0.1) is 12.6 Å². The van der Waals surface area contributed by atoms with Crippen molar-refractivity contribution in [1.29, 1.82) is 0 Å². The first-order valence-corrected chi connectivity index (χ1v) is 6.95. The third kappa shape index (κ3) is 3.89. The number of benzene rings is 1. The van der Waals surface area contributed by atoms with Crippen molar-refractivity contribution in [3.8, 4) is 0 Å². The fraction of sp³-hybridized carbons (Fsp3) is 0.375. The van der Waals surface area contributed by atoms with E-state index in [0.717, 1.165) is 30.1 Å². The summed E-state index contributed by atoms with van der Waals surface area (Å²) in [7, 11) is 0. The average Bonchev–Trinajstić information content (AvgIpc) is 2.95. The molecule has 1 aromatic carbocycles. The van der Waals surface area contributed by atoms with Gasteiger partial charge in [-0.15, -0.1) is 0 Å². The first-order chi connectivity index (χ1) is 10.0. The molecule has 0 aliphatic heterocycles. The molecule has 3 nitrogen and oxygen atoms in total. The Balaban J connectivity index is 1.95. The van der Waals surface area contributed by atoms with Crippen molar-refractivity contribution in [2.45, 2.75) is 39.0 Å². The molecule has 0 aliphatic carbocycles. The maximum absolute atomic E-state index is 13.2. The van der Waals surface area contributed by atoms with Crippen LogP contribution in [0.15, 0.2) is 34.7 Å². The summed E-state index contributed by atoms with van der Waals surface area (Å²) in [5, 5.41) is 13.3.